The van der Waals surface area contributed by atoms with E-state index in [1.165, 1.54) is 0 Å². The van der Waals surface area contributed by atoms with Crippen LogP contribution in [0.25, 0.3) is 0 Å². The van der Waals surface area contributed by atoms with Crippen molar-refractivity contribution in [2.45, 2.75) is 58.6 Å². The van der Waals surface area contributed by atoms with Crippen molar-refractivity contribution >= 4 is 34.7 Å². The van der Waals surface area contributed by atoms with Crippen LogP contribution in [0.5, 0.6) is 0 Å². The molecule has 0 heterocycles. The molecule has 112 valence electrons. The van der Waals surface area contributed by atoms with Crippen LogP contribution in [0.3, 0.4) is 0 Å². The molecule has 0 aliphatic carbocycles. The summed E-state index contributed by atoms with van der Waals surface area (Å²) in [4.78, 5) is 23.1. The fraction of sp³-hybridized carbons (Fsp3) is 0.846. The number of carbonyl (C=O) groups excluding carboxylic acids is 2. The number of carbonyl (C=O) groups is 2. The minimum absolute atomic E-state index is 0.173. The molecule has 0 bridgehead atoms. The lowest BCUT2D eigenvalue weighted by atomic mass is 10.2. The lowest BCUT2D eigenvalue weighted by Crippen LogP contribution is -2.41. The molecule has 0 aromatic rings. The molecule has 0 fully saturated rings. The number of alkyl halides is 1. The highest BCUT2D eigenvalue weighted by Crippen LogP contribution is 2.08. The van der Waals surface area contributed by atoms with Crippen LogP contribution in [0.2, 0.25) is 0 Å². The molecule has 0 rings (SSSR count). The number of rotatable bonds is 7. The van der Waals surface area contributed by atoms with Crippen molar-refractivity contribution in [1.29, 1.82) is 0 Å². The predicted molar refractivity (Wildman–Crippen MR) is 82.5 cm³/mol. The molecule has 0 saturated heterocycles. The Morgan fingerprint density at radius 3 is 2.42 bits per heavy atom. The topological polar surface area (TPSA) is 64.6 Å². The summed E-state index contributed by atoms with van der Waals surface area (Å²) in [6, 6.07) is -0.260. The molecule has 0 aromatic carbocycles. The molecule has 0 aromatic heterocycles. The molecule has 0 aliphatic rings. The zero-order valence-corrected chi connectivity index (χ0v) is 14.3. The molecule has 0 aliphatic heterocycles. The quantitative estimate of drug-likeness (QED) is 0.317. The van der Waals surface area contributed by atoms with Gasteiger partial charge in [0.25, 0.3) is 0 Å². The van der Waals surface area contributed by atoms with E-state index in [1.54, 1.807) is 20.8 Å². The van der Waals surface area contributed by atoms with Crippen LogP contribution in [0, 0.1) is 0 Å². The third-order valence-corrected chi connectivity index (χ3v) is 3.14. The second kappa shape index (κ2) is 9.39. The first-order chi connectivity index (χ1) is 8.78. The van der Waals surface area contributed by atoms with Crippen molar-refractivity contribution in [2.24, 2.45) is 0 Å². The van der Waals surface area contributed by atoms with Gasteiger partial charge >= 0.3 is 12.1 Å². The number of ether oxygens (including phenoxy) is 2. The van der Waals surface area contributed by atoms with Crippen LogP contribution >= 0.6 is 22.6 Å². The van der Waals surface area contributed by atoms with Gasteiger partial charge in [0.2, 0.25) is 0 Å². The molecule has 1 amide bonds. The van der Waals surface area contributed by atoms with Gasteiger partial charge in [-0.25, -0.2) is 4.79 Å². The maximum absolute atomic E-state index is 11.6. The third-order valence-electron chi connectivity index (χ3n) is 2.08. The van der Waals surface area contributed by atoms with Crippen LogP contribution in [0.4, 0.5) is 4.79 Å². The van der Waals surface area contributed by atoms with Gasteiger partial charge < -0.3 is 14.8 Å². The highest BCUT2D eigenvalue weighted by molar-refractivity contribution is 14.1. The van der Waals surface area contributed by atoms with Gasteiger partial charge in [-0.15, -0.1) is 0 Å². The highest BCUT2D eigenvalue weighted by atomic mass is 127. The minimum atomic E-state index is -0.540. The lowest BCUT2D eigenvalue weighted by molar-refractivity contribution is -0.144. The lowest BCUT2D eigenvalue weighted by Gasteiger charge is -2.22. The van der Waals surface area contributed by atoms with E-state index >= 15 is 0 Å². The Morgan fingerprint density at radius 1 is 1.32 bits per heavy atom. The van der Waals surface area contributed by atoms with Crippen LogP contribution in [0.15, 0.2) is 0 Å². The summed E-state index contributed by atoms with van der Waals surface area (Å²) in [5, 5.41) is 2.68. The van der Waals surface area contributed by atoms with Crippen LogP contribution < -0.4 is 5.32 Å². The monoisotopic (exact) mass is 385 g/mol. The van der Waals surface area contributed by atoms with Crippen LogP contribution in [0.1, 0.15) is 47.0 Å². The largest absolute Gasteiger partial charge is 0.466 e. The summed E-state index contributed by atoms with van der Waals surface area (Å²) >= 11 is 2.12. The number of unbranched alkanes of at least 4 members (excludes halogenated alkanes) is 1. The van der Waals surface area contributed by atoms with E-state index in [-0.39, 0.29) is 18.4 Å². The Balaban J connectivity index is 4.06. The average Bonchev–Trinajstić information content (AvgIpc) is 2.25. The normalized spacial score (nSPS) is 12.7. The zero-order valence-electron chi connectivity index (χ0n) is 12.1. The number of nitrogens with one attached hydrogen (secondary N) is 1. The summed E-state index contributed by atoms with van der Waals surface area (Å²) in [5.74, 6) is -0.286. The molecule has 0 radical (unpaired) electrons. The molecule has 19 heavy (non-hydrogen) atoms. The summed E-state index contributed by atoms with van der Waals surface area (Å²) in [5.41, 5.74) is -0.540. The van der Waals surface area contributed by atoms with Crippen molar-refractivity contribution < 1.29 is 19.1 Å². The van der Waals surface area contributed by atoms with E-state index in [4.69, 9.17) is 9.47 Å². The van der Waals surface area contributed by atoms with Gasteiger partial charge in [0, 0.05) is 4.43 Å². The van der Waals surface area contributed by atoms with Gasteiger partial charge in [-0.1, -0.05) is 35.9 Å². The van der Waals surface area contributed by atoms with Gasteiger partial charge in [0.1, 0.15) is 5.60 Å². The maximum Gasteiger partial charge on any atom is 0.407 e. The summed E-state index contributed by atoms with van der Waals surface area (Å²) in [7, 11) is 0. The number of alkyl carbamates (subject to hydrolysis) is 1. The van der Waals surface area contributed by atoms with Gasteiger partial charge in [-0.05, 0) is 27.2 Å². The maximum atomic E-state index is 11.6. The number of halogens is 1. The first kappa shape index (κ1) is 18.5. The highest BCUT2D eigenvalue weighted by Gasteiger charge is 2.21. The fourth-order valence-corrected chi connectivity index (χ4v) is 1.74. The van der Waals surface area contributed by atoms with Crippen LogP contribution in [-0.2, 0) is 14.3 Å². The van der Waals surface area contributed by atoms with Crippen molar-refractivity contribution in [3.63, 3.8) is 0 Å². The van der Waals surface area contributed by atoms with E-state index in [0.717, 1.165) is 12.8 Å². The summed E-state index contributed by atoms with van der Waals surface area (Å²) in [6.07, 6.45) is 1.51. The molecule has 1 N–H and O–H groups in total. The van der Waals surface area contributed by atoms with E-state index in [2.05, 4.69) is 27.9 Å². The van der Waals surface area contributed by atoms with E-state index < -0.39 is 11.7 Å². The van der Waals surface area contributed by atoms with Crippen LogP contribution in [-0.4, -0.2) is 34.7 Å². The SMILES string of the molecule is CCCCOC(=O)C[C@H](CI)NC(=O)OC(C)(C)C. The van der Waals surface area contributed by atoms with Crippen molar-refractivity contribution in [1.82, 2.24) is 5.32 Å². The van der Waals surface area contributed by atoms with Crippen molar-refractivity contribution in [3.05, 3.63) is 0 Å². The predicted octanol–water partition coefficient (Wildman–Crippen LogP) is 3.05. The standard InChI is InChI=1S/C13H24INO4/c1-5-6-7-18-11(16)8-10(9-14)15-12(17)19-13(2,3)4/h10H,5-9H2,1-4H3,(H,15,17)/t10-/m1/s1. The first-order valence-corrected chi connectivity index (χ1v) is 8.02. The van der Waals surface area contributed by atoms with Crippen molar-refractivity contribution in [2.75, 3.05) is 11.0 Å². The van der Waals surface area contributed by atoms with Gasteiger partial charge in [-0.3, -0.25) is 4.79 Å². The Bertz CT molecular complexity index is 289. The number of hydrogen-bond acceptors (Lipinski definition) is 4. The summed E-state index contributed by atoms with van der Waals surface area (Å²) < 4.78 is 10.8. The average molecular weight is 385 g/mol. The molecule has 0 spiro atoms. The number of amides is 1. The fourth-order valence-electron chi connectivity index (χ4n) is 1.21. The first-order valence-electron chi connectivity index (χ1n) is 6.49. The number of esters is 1. The smallest absolute Gasteiger partial charge is 0.407 e. The van der Waals surface area contributed by atoms with E-state index in [0.29, 0.717) is 11.0 Å². The second-order valence-corrected chi connectivity index (χ2v) is 6.16. The molecule has 1 atom stereocenters. The Kier molecular flexibility index (Phi) is 9.12. The third kappa shape index (κ3) is 11.0. The molecule has 0 unspecified atom stereocenters. The zero-order chi connectivity index (χ0) is 14.9. The van der Waals surface area contributed by atoms with Gasteiger partial charge in [0.15, 0.2) is 0 Å². The summed E-state index contributed by atoms with van der Waals surface area (Å²) in [6.45, 7) is 7.86. The molecular weight excluding hydrogens is 361 g/mol. The van der Waals surface area contributed by atoms with E-state index in [9.17, 15) is 9.59 Å². The Morgan fingerprint density at radius 2 is 1.95 bits per heavy atom. The Hall–Kier alpha value is -0.530. The molecular formula is C13H24INO4. The second-order valence-electron chi connectivity index (χ2n) is 5.28. The van der Waals surface area contributed by atoms with Crippen molar-refractivity contribution in [3.8, 4) is 0 Å². The molecule has 6 heteroatoms. The van der Waals surface area contributed by atoms with Gasteiger partial charge in [0.05, 0.1) is 19.1 Å². The number of hydrogen-bond donors (Lipinski definition) is 1. The van der Waals surface area contributed by atoms with Gasteiger partial charge in [-0.2, -0.15) is 0 Å². The minimum Gasteiger partial charge on any atom is -0.466 e. The molecule has 0 saturated carbocycles. The molecule has 5 nitrogen and oxygen atoms in total. The Labute approximate surface area is 128 Å². The van der Waals surface area contributed by atoms with E-state index in [1.807, 2.05) is 6.92 Å².